The molecule has 3 nitrogen and oxygen atoms in total. The summed E-state index contributed by atoms with van der Waals surface area (Å²) in [7, 11) is 1.83. The highest BCUT2D eigenvalue weighted by molar-refractivity contribution is 6.01. The Morgan fingerprint density at radius 2 is 1.89 bits per heavy atom. The minimum atomic E-state index is -0.109. The van der Waals surface area contributed by atoms with E-state index < -0.39 is 0 Å². The van der Waals surface area contributed by atoms with Crippen molar-refractivity contribution in [2.45, 2.75) is 13.1 Å². The molecule has 3 rings (SSSR count). The molecular weight excluding hydrogens is 236 g/mol. The highest BCUT2D eigenvalue weighted by Crippen LogP contribution is 2.31. The van der Waals surface area contributed by atoms with Crippen molar-refractivity contribution >= 4 is 11.6 Å². The first kappa shape index (κ1) is 11.8. The Bertz CT molecular complexity index is 636. The minimum absolute atomic E-state index is 0.0563. The number of anilines is 1. The molecule has 0 radical (unpaired) electrons. The minimum Gasteiger partial charge on any atom is -0.361 e. The van der Waals surface area contributed by atoms with E-state index >= 15 is 0 Å². The molecule has 1 unspecified atom stereocenters. The Kier molecular flexibility index (Phi) is 2.75. The number of carbonyl (C=O) groups excluding carboxylic acids is 1. The third-order valence-corrected chi connectivity index (χ3v) is 3.52. The first-order chi connectivity index (χ1) is 9.16. The van der Waals surface area contributed by atoms with E-state index in [2.05, 4.69) is 24.4 Å². The van der Waals surface area contributed by atoms with E-state index in [4.69, 9.17) is 0 Å². The van der Waals surface area contributed by atoms with Gasteiger partial charge in [0.15, 0.2) is 0 Å². The lowest BCUT2D eigenvalue weighted by Gasteiger charge is -2.35. The second-order valence-electron chi connectivity index (χ2n) is 4.92. The van der Waals surface area contributed by atoms with Crippen LogP contribution in [0.15, 0.2) is 48.5 Å². The summed E-state index contributed by atoms with van der Waals surface area (Å²) in [6.45, 7) is 2.06. The van der Waals surface area contributed by atoms with E-state index in [0.29, 0.717) is 0 Å². The van der Waals surface area contributed by atoms with Crippen LogP contribution in [-0.2, 0) is 0 Å². The largest absolute Gasteiger partial charge is 0.361 e. The summed E-state index contributed by atoms with van der Waals surface area (Å²) >= 11 is 0. The van der Waals surface area contributed by atoms with Gasteiger partial charge in [-0.2, -0.15) is 0 Å². The van der Waals surface area contributed by atoms with Gasteiger partial charge < -0.3 is 10.2 Å². The molecule has 0 aromatic heterocycles. The number of fused-ring (bicyclic) bond motifs is 1. The van der Waals surface area contributed by atoms with Gasteiger partial charge in [-0.1, -0.05) is 42.0 Å². The van der Waals surface area contributed by atoms with Crippen LogP contribution in [0.5, 0.6) is 0 Å². The lowest BCUT2D eigenvalue weighted by Crippen LogP contribution is -2.40. The summed E-state index contributed by atoms with van der Waals surface area (Å²) < 4.78 is 0. The Labute approximate surface area is 112 Å². The summed E-state index contributed by atoms with van der Waals surface area (Å²) in [4.78, 5) is 14.1. The van der Waals surface area contributed by atoms with Gasteiger partial charge >= 0.3 is 0 Å². The molecule has 0 bridgehead atoms. The monoisotopic (exact) mass is 252 g/mol. The molecule has 1 heterocycles. The average Bonchev–Trinajstić information content (AvgIpc) is 2.43. The fourth-order valence-corrected chi connectivity index (χ4v) is 2.49. The van der Waals surface area contributed by atoms with Crippen LogP contribution in [0, 0.1) is 6.92 Å². The van der Waals surface area contributed by atoms with Crippen molar-refractivity contribution in [2.24, 2.45) is 0 Å². The standard InChI is InChI=1S/C16H16N2O/c1-11-6-5-7-12(10-11)15-17-14-9-4-3-8-13(14)16(19)18(15)2/h3-10,15,17H,1-2H3. The highest BCUT2D eigenvalue weighted by Gasteiger charge is 2.29. The fraction of sp³-hybridized carbons (Fsp3) is 0.188. The van der Waals surface area contributed by atoms with Gasteiger partial charge in [0, 0.05) is 12.7 Å². The summed E-state index contributed by atoms with van der Waals surface area (Å²) in [5.74, 6) is 0.0563. The van der Waals surface area contributed by atoms with Crippen LogP contribution >= 0.6 is 0 Å². The molecule has 3 heteroatoms. The topological polar surface area (TPSA) is 32.3 Å². The smallest absolute Gasteiger partial charge is 0.257 e. The van der Waals surface area contributed by atoms with Gasteiger partial charge in [0.1, 0.15) is 6.17 Å². The number of benzene rings is 2. The number of nitrogens with zero attached hydrogens (tertiary/aromatic N) is 1. The van der Waals surface area contributed by atoms with E-state index in [-0.39, 0.29) is 12.1 Å². The Morgan fingerprint density at radius 1 is 1.11 bits per heavy atom. The van der Waals surface area contributed by atoms with Gasteiger partial charge in [-0.25, -0.2) is 0 Å². The maximum Gasteiger partial charge on any atom is 0.257 e. The van der Waals surface area contributed by atoms with Crippen LogP contribution in [0.1, 0.15) is 27.7 Å². The van der Waals surface area contributed by atoms with Crippen molar-refractivity contribution in [2.75, 3.05) is 12.4 Å². The molecule has 2 aromatic carbocycles. The van der Waals surface area contributed by atoms with Gasteiger partial charge in [-0.15, -0.1) is 0 Å². The van der Waals surface area contributed by atoms with Crippen molar-refractivity contribution in [1.82, 2.24) is 4.90 Å². The normalized spacial score (nSPS) is 17.9. The van der Waals surface area contributed by atoms with E-state index in [1.54, 1.807) is 4.90 Å². The number of para-hydroxylation sites is 1. The number of amides is 1. The first-order valence-electron chi connectivity index (χ1n) is 6.36. The summed E-state index contributed by atoms with van der Waals surface area (Å²) in [6.07, 6.45) is -0.109. The zero-order valence-corrected chi connectivity index (χ0v) is 11.1. The summed E-state index contributed by atoms with van der Waals surface area (Å²) in [5.41, 5.74) is 3.93. The lowest BCUT2D eigenvalue weighted by molar-refractivity contribution is 0.0735. The van der Waals surface area contributed by atoms with Crippen LogP contribution in [0.2, 0.25) is 0 Å². The molecule has 0 spiro atoms. The van der Waals surface area contributed by atoms with Crippen molar-refractivity contribution in [1.29, 1.82) is 0 Å². The molecule has 1 N–H and O–H groups in total. The predicted molar refractivity (Wildman–Crippen MR) is 76.1 cm³/mol. The predicted octanol–water partition coefficient (Wildman–Crippen LogP) is 3.19. The van der Waals surface area contributed by atoms with Crippen LogP contribution in [0.25, 0.3) is 0 Å². The van der Waals surface area contributed by atoms with Gasteiger partial charge in [0.2, 0.25) is 0 Å². The summed E-state index contributed by atoms with van der Waals surface area (Å²) in [5, 5.41) is 3.43. The van der Waals surface area contributed by atoms with Crippen LogP contribution in [0.4, 0.5) is 5.69 Å². The third kappa shape index (κ3) is 1.97. The molecule has 19 heavy (non-hydrogen) atoms. The van der Waals surface area contributed by atoms with E-state index in [9.17, 15) is 4.79 Å². The summed E-state index contributed by atoms with van der Waals surface area (Å²) in [6, 6.07) is 15.9. The molecule has 1 atom stereocenters. The van der Waals surface area contributed by atoms with E-state index in [1.165, 1.54) is 5.56 Å². The van der Waals surface area contributed by atoms with Gasteiger partial charge in [0.25, 0.3) is 5.91 Å². The number of nitrogens with one attached hydrogen (secondary N) is 1. The molecule has 1 aliphatic heterocycles. The van der Waals surface area contributed by atoms with Crippen molar-refractivity contribution in [3.8, 4) is 0 Å². The molecule has 1 aliphatic rings. The molecular formula is C16H16N2O. The number of rotatable bonds is 1. The Morgan fingerprint density at radius 3 is 2.68 bits per heavy atom. The maximum absolute atomic E-state index is 12.4. The zero-order valence-electron chi connectivity index (χ0n) is 11.1. The molecule has 0 fully saturated rings. The van der Waals surface area contributed by atoms with Gasteiger partial charge in [-0.05, 0) is 24.6 Å². The second-order valence-corrected chi connectivity index (χ2v) is 4.92. The Hall–Kier alpha value is -2.29. The van der Waals surface area contributed by atoms with E-state index in [1.807, 2.05) is 43.4 Å². The number of hydrogen-bond acceptors (Lipinski definition) is 2. The zero-order chi connectivity index (χ0) is 13.4. The fourth-order valence-electron chi connectivity index (χ4n) is 2.49. The van der Waals surface area contributed by atoms with Gasteiger partial charge in [0.05, 0.1) is 5.56 Å². The third-order valence-electron chi connectivity index (χ3n) is 3.52. The van der Waals surface area contributed by atoms with Crippen LogP contribution in [0.3, 0.4) is 0 Å². The number of hydrogen-bond donors (Lipinski definition) is 1. The maximum atomic E-state index is 12.4. The van der Waals surface area contributed by atoms with Crippen molar-refractivity contribution in [3.05, 3.63) is 65.2 Å². The molecule has 1 amide bonds. The van der Waals surface area contributed by atoms with Crippen molar-refractivity contribution in [3.63, 3.8) is 0 Å². The van der Waals surface area contributed by atoms with Gasteiger partial charge in [-0.3, -0.25) is 4.79 Å². The van der Waals surface area contributed by atoms with Crippen molar-refractivity contribution < 1.29 is 4.79 Å². The quantitative estimate of drug-likeness (QED) is 0.845. The van der Waals surface area contributed by atoms with Crippen LogP contribution < -0.4 is 5.32 Å². The second kappa shape index (κ2) is 4.43. The number of carbonyl (C=O) groups is 1. The first-order valence-corrected chi connectivity index (χ1v) is 6.36. The molecule has 0 saturated heterocycles. The SMILES string of the molecule is Cc1cccc(C2Nc3ccccc3C(=O)N2C)c1. The number of aryl methyl sites for hydroxylation is 1. The van der Waals surface area contributed by atoms with E-state index in [0.717, 1.165) is 16.8 Å². The lowest BCUT2D eigenvalue weighted by atomic mass is 10.0. The molecule has 2 aromatic rings. The molecule has 96 valence electrons. The molecule has 0 aliphatic carbocycles. The van der Waals surface area contributed by atoms with Crippen LogP contribution in [-0.4, -0.2) is 17.9 Å². The highest BCUT2D eigenvalue weighted by atomic mass is 16.2. The Balaban J connectivity index is 2.04. The average molecular weight is 252 g/mol. The molecule has 0 saturated carbocycles.